The van der Waals surface area contributed by atoms with Gasteiger partial charge in [-0.3, -0.25) is 0 Å². The van der Waals surface area contributed by atoms with E-state index in [1.807, 2.05) is 0 Å². The Bertz CT molecular complexity index is 436. The van der Waals surface area contributed by atoms with E-state index in [1.54, 1.807) is 0 Å². The van der Waals surface area contributed by atoms with Gasteiger partial charge in [-0.05, 0) is 51.2 Å². The lowest BCUT2D eigenvalue weighted by molar-refractivity contribution is 0.360. The Kier molecular flexibility index (Phi) is 5.87. The van der Waals surface area contributed by atoms with Gasteiger partial charge in [0.05, 0.1) is 0 Å². The molecule has 4 heteroatoms. The Morgan fingerprint density at radius 1 is 1.25 bits per heavy atom. The van der Waals surface area contributed by atoms with Crippen molar-refractivity contribution >= 4 is 21.6 Å². The normalized spacial score (nSPS) is 18.9. The molecule has 3 nitrogen and oxygen atoms in total. The van der Waals surface area contributed by atoms with E-state index in [0.717, 1.165) is 30.7 Å². The third-order valence-corrected chi connectivity index (χ3v) is 4.52. The number of nitrogens with zero attached hydrogens (tertiary/aromatic N) is 2. The number of likely N-dealkylation sites (N-methyl/N-ethyl adjacent to an activating group) is 1. The molecule has 1 atom stereocenters. The molecule has 1 aliphatic heterocycles. The van der Waals surface area contributed by atoms with E-state index in [9.17, 15) is 0 Å². The first-order valence-electron chi connectivity index (χ1n) is 7.58. The predicted octanol–water partition coefficient (Wildman–Crippen LogP) is 3.26. The zero-order valence-corrected chi connectivity index (χ0v) is 14.4. The summed E-state index contributed by atoms with van der Waals surface area (Å²) in [5, 5.41) is 3.53. The maximum Gasteiger partial charge on any atom is 0.0426 e. The Balaban J connectivity index is 2.26. The van der Waals surface area contributed by atoms with Crippen LogP contribution in [0.5, 0.6) is 0 Å². The van der Waals surface area contributed by atoms with Crippen molar-refractivity contribution in [3.05, 3.63) is 28.2 Å². The predicted molar refractivity (Wildman–Crippen MR) is 90.6 cm³/mol. The Morgan fingerprint density at radius 3 is 2.80 bits per heavy atom. The van der Waals surface area contributed by atoms with Crippen molar-refractivity contribution < 1.29 is 0 Å². The van der Waals surface area contributed by atoms with Gasteiger partial charge < -0.3 is 15.1 Å². The molecule has 2 rings (SSSR count). The highest BCUT2D eigenvalue weighted by molar-refractivity contribution is 9.10. The molecule has 1 aromatic rings. The van der Waals surface area contributed by atoms with Crippen molar-refractivity contribution in [1.82, 2.24) is 10.2 Å². The molecule has 1 fully saturated rings. The van der Waals surface area contributed by atoms with Crippen LogP contribution in [0.15, 0.2) is 22.7 Å². The van der Waals surface area contributed by atoms with E-state index in [1.165, 1.54) is 24.2 Å². The van der Waals surface area contributed by atoms with Gasteiger partial charge in [0.1, 0.15) is 0 Å². The van der Waals surface area contributed by atoms with Crippen LogP contribution in [-0.4, -0.2) is 44.7 Å². The molecule has 0 amide bonds. The molecule has 112 valence electrons. The third-order valence-electron chi connectivity index (χ3n) is 4.03. The Morgan fingerprint density at radius 2 is 2.05 bits per heavy atom. The zero-order valence-electron chi connectivity index (χ0n) is 12.8. The van der Waals surface area contributed by atoms with E-state index in [2.05, 4.69) is 70.1 Å². The summed E-state index contributed by atoms with van der Waals surface area (Å²) >= 11 is 3.62. The minimum atomic E-state index is 0.393. The quantitative estimate of drug-likeness (QED) is 0.908. The van der Waals surface area contributed by atoms with Crippen LogP contribution in [0.1, 0.15) is 31.9 Å². The van der Waals surface area contributed by atoms with Crippen LogP contribution in [0.3, 0.4) is 0 Å². The molecule has 0 bridgehead atoms. The first-order chi connectivity index (χ1) is 9.61. The van der Waals surface area contributed by atoms with Gasteiger partial charge in [0.15, 0.2) is 0 Å². The molecule has 20 heavy (non-hydrogen) atoms. The maximum atomic E-state index is 3.62. The number of rotatable bonds is 4. The fourth-order valence-electron chi connectivity index (χ4n) is 2.86. The van der Waals surface area contributed by atoms with Gasteiger partial charge in [-0.2, -0.15) is 0 Å². The molecular formula is C16H26BrN3. The van der Waals surface area contributed by atoms with Crippen molar-refractivity contribution in [2.24, 2.45) is 0 Å². The number of halogens is 1. The second-order valence-corrected chi connectivity index (χ2v) is 6.54. The summed E-state index contributed by atoms with van der Waals surface area (Å²) < 4.78 is 1.16. The topological polar surface area (TPSA) is 18.5 Å². The zero-order chi connectivity index (χ0) is 14.5. The lowest BCUT2D eigenvalue weighted by Gasteiger charge is -2.28. The maximum absolute atomic E-state index is 3.62. The summed E-state index contributed by atoms with van der Waals surface area (Å²) in [5.41, 5.74) is 2.78. The number of anilines is 1. The van der Waals surface area contributed by atoms with Crippen LogP contribution in [0, 0.1) is 0 Å². The summed E-state index contributed by atoms with van der Waals surface area (Å²) in [5.74, 6) is 0. The largest absolute Gasteiger partial charge is 0.370 e. The second kappa shape index (κ2) is 7.43. The van der Waals surface area contributed by atoms with Gasteiger partial charge in [-0.15, -0.1) is 0 Å². The fourth-order valence-corrected chi connectivity index (χ4v) is 3.21. The number of nitrogens with one attached hydrogen (secondary N) is 1. The molecule has 0 spiro atoms. The van der Waals surface area contributed by atoms with Crippen molar-refractivity contribution in [2.45, 2.75) is 26.3 Å². The number of hydrogen-bond acceptors (Lipinski definition) is 3. The monoisotopic (exact) mass is 339 g/mol. The average Bonchev–Trinajstić information content (AvgIpc) is 2.63. The Labute approximate surface area is 131 Å². The van der Waals surface area contributed by atoms with E-state index in [4.69, 9.17) is 0 Å². The highest BCUT2D eigenvalue weighted by Gasteiger charge is 2.18. The molecule has 0 aromatic heterocycles. The van der Waals surface area contributed by atoms with Crippen molar-refractivity contribution in [3.63, 3.8) is 0 Å². The third kappa shape index (κ3) is 3.96. The van der Waals surface area contributed by atoms with Gasteiger partial charge in [0.25, 0.3) is 0 Å². The van der Waals surface area contributed by atoms with Crippen molar-refractivity contribution in [2.75, 3.05) is 44.7 Å². The summed E-state index contributed by atoms with van der Waals surface area (Å²) in [6, 6.07) is 7.07. The van der Waals surface area contributed by atoms with Crippen LogP contribution >= 0.6 is 15.9 Å². The molecule has 0 radical (unpaired) electrons. The van der Waals surface area contributed by atoms with E-state index in [-0.39, 0.29) is 0 Å². The van der Waals surface area contributed by atoms with Gasteiger partial charge in [0.2, 0.25) is 0 Å². The van der Waals surface area contributed by atoms with Crippen LogP contribution in [0.4, 0.5) is 5.69 Å². The molecule has 1 aliphatic rings. The second-order valence-electron chi connectivity index (χ2n) is 5.63. The molecule has 0 aliphatic carbocycles. The minimum absolute atomic E-state index is 0.393. The van der Waals surface area contributed by atoms with Gasteiger partial charge in [-0.1, -0.05) is 28.9 Å². The van der Waals surface area contributed by atoms with Gasteiger partial charge >= 0.3 is 0 Å². The lowest BCUT2D eigenvalue weighted by atomic mass is 10.0. The average molecular weight is 340 g/mol. The first kappa shape index (κ1) is 15.8. The summed E-state index contributed by atoms with van der Waals surface area (Å²) in [6.07, 6.45) is 1.23. The minimum Gasteiger partial charge on any atom is -0.370 e. The van der Waals surface area contributed by atoms with E-state index >= 15 is 0 Å². The molecule has 1 heterocycles. The Hall–Kier alpha value is -0.580. The lowest BCUT2D eigenvalue weighted by Crippen LogP contribution is -2.30. The van der Waals surface area contributed by atoms with E-state index < -0.39 is 0 Å². The van der Waals surface area contributed by atoms with Crippen LogP contribution in [0.25, 0.3) is 0 Å². The SMILES string of the molecule is CCNC(C)c1ccc(Br)cc1N1CCCN(C)CC1. The number of benzene rings is 1. The summed E-state index contributed by atoms with van der Waals surface area (Å²) in [7, 11) is 2.21. The smallest absolute Gasteiger partial charge is 0.0426 e. The van der Waals surface area contributed by atoms with Crippen LogP contribution < -0.4 is 10.2 Å². The first-order valence-corrected chi connectivity index (χ1v) is 8.37. The molecule has 1 unspecified atom stereocenters. The molecule has 1 saturated heterocycles. The van der Waals surface area contributed by atoms with Gasteiger partial charge in [-0.25, -0.2) is 0 Å². The molecular weight excluding hydrogens is 314 g/mol. The fraction of sp³-hybridized carbons (Fsp3) is 0.625. The molecule has 0 saturated carbocycles. The highest BCUT2D eigenvalue weighted by Crippen LogP contribution is 2.30. The standard InChI is InChI=1S/C16H26BrN3/c1-4-18-13(2)15-7-6-14(17)12-16(15)20-9-5-8-19(3)10-11-20/h6-7,12-13,18H,4-5,8-11H2,1-3H3. The van der Waals surface area contributed by atoms with Crippen molar-refractivity contribution in [3.8, 4) is 0 Å². The molecule has 1 aromatic carbocycles. The van der Waals surface area contributed by atoms with Crippen molar-refractivity contribution in [1.29, 1.82) is 0 Å². The summed E-state index contributed by atoms with van der Waals surface area (Å²) in [6.45, 7) is 10.0. The van der Waals surface area contributed by atoms with Crippen LogP contribution in [-0.2, 0) is 0 Å². The summed E-state index contributed by atoms with van der Waals surface area (Å²) in [4.78, 5) is 4.96. The van der Waals surface area contributed by atoms with Gasteiger partial charge in [0, 0.05) is 35.8 Å². The number of hydrogen-bond donors (Lipinski definition) is 1. The molecule has 1 N–H and O–H groups in total. The highest BCUT2D eigenvalue weighted by atomic mass is 79.9. The van der Waals surface area contributed by atoms with E-state index in [0.29, 0.717) is 6.04 Å². The van der Waals surface area contributed by atoms with Crippen LogP contribution in [0.2, 0.25) is 0 Å².